The minimum absolute atomic E-state index is 0.0382. The smallest absolute Gasteiger partial charge is 0.254 e. The van der Waals surface area contributed by atoms with Crippen LogP contribution in [0.15, 0.2) is 36.4 Å². The van der Waals surface area contributed by atoms with Crippen molar-refractivity contribution in [3.63, 3.8) is 0 Å². The van der Waals surface area contributed by atoms with Crippen LogP contribution >= 0.6 is 0 Å². The van der Waals surface area contributed by atoms with E-state index >= 15 is 0 Å². The van der Waals surface area contributed by atoms with E-state index in [4.69, 9.17) is 25.7 Å². The number of nitrogens with two attached hydrogens (primary N) is 2. The molecule has 1 unspecified atom stereocenters. The van der Waals surface area contributed by atoms with Gasteiger partial charge >= 0.3 is 0 Å². The number of hydrogen-bond donors (Lipinski definition) is 2. The first-order chi connectivity index (χ1) is 14.1. The highest BCUT2D eigenvalue weighted by Gasteiger charge is 2.27. The van der Waals surface area contributed by atoms with Crippen LogP contribution in [0, 0.1) is 0 Å². The summed E-state index contributed by atoms with van der Waals surface area (Å²) in [5, 5.41) is 0. The molecule has 4 N–H and O–H groups in total. The third-order valence-electron chi connectivity index (χ3n) is 5.28. The predicted octanol–water partition coefficient (Wildman–Crippen LogP) is 2.91. The van der Waals surface area contributed by atoms with Gasteiger partial charge in [0.2, 0.25) is 0 Å². The van der Waals surface area contributed by atoms with Crippen LogP contribution in [0.25, 0.3) is 0 Å². The molecule has 2 aromatic rings. The van der Waals surface area contributed by atoms with Gasteiger partial charge in [-0.2, -0.15) is 0 Å². The number of rotatable bonds is 7. The Kier molecular flexibility index (Phi) is 6.95. The number of piperidine rings is 1. The second-order valence-corrected chi connectivity index (χ2v) is 7.03. The first kappa shape index (κ1) is 21.0. The van der Waals surface area contributed by atoms with Crippen LogP contribution in [-0.2, 0) is 6.54 Å². The second-order valence-electron chi connectivity index (χ2n) is 7.03. The van der Waals surface area contributed by atoms with E-state index in [1.807, 2.05) is 17.0 Å². The fourth-order valence-corrected chi connectivity index (χ4v) is 3.65. The Balaban J connectivity index is 1.88. The summed E-state index contributed by atoms with van der Waals surface area (Å²) < 4.78 is 16.8. The molecule has 2 aromatic carbocycles. The SMILES string of the molecule is COc1cc(Oc2cc(C(=O)N3CCCCC3CN)ccc2OC)ccc1CN. The molecule has 0 spiro atoms. The van der Waals surface area contributed by atoms with E-state index in [1.165, 1.54) is 0 Å². The van der Waals surface area contributed by atoms with Gasteiger partial charge in [-0.1, -0.05) is 6.07 Å². The van der Waals surface area contributed by atoms with Gasteiger partial charge in [0.1, 0.15) is 11.5 Å². The van der Waals surface area contributed by atoms with Crippen molar-refractivity contribution in [1.82, 2.24) is 4.90 Å². The summed E-state index contributed by atoms with van der Waals surface area (Å²) in [4.78, 5) is 15.0. The molecule has 0 radical (unpaired) electrons. The number of hydrogen-bond acceptors (Lipinski definition) is 6. The Labute approximate surface area is 171 Å². The summed E-state index contributed by atoms with van der Waals surface area (Å²) >= 11 is 0. The molecule has 1 aliphatic heterocycles. The van der Waals surface area contributed by atoms with Gasteiger partial charge in [0, 0.05) is 42.9 Å². The molecule has 29 heavy (non-hydrogen) atoms. The Morgan fingerprint density at radius 3 is 2.52 bits per heavy atom. The van der Waals surface area contributed by atoms with Crippen LogP contribution in [0.3, 0.4) is 0 Å². The highest BCUT2D eigenvalue weighted by Crippen LogP contribution is 2.35. The lowest BCUT2D eigenvalue weighted by Crippen LogP contribution is -2.47. The number of carbonyl (C=O) groups is 1. The van der Waals surface area contributed by atoms with Gasteiger partial charge in [0.25, 0.3) is 5.91 Å². The van der Waals surface area contributed by atoms with Gasteiger partial charge < -0.3 is 30.6 Å². The molecule has 1 atom stereocenters. The summed E-state index contributed by atoms with van der Waals surface area (Å²) in [5.74, 6) is 2.18. The van der Waals surface area contributed by atoms with E-state index in [1.54, 1.807) is 38.5 Å². The first-order valence-electron chi connectivity index (χ1n) is 9.85. The number of carbonyl (C=O) groups excluding carboxylic acids is 1. The minimum Gasteiger partial charge on any atom is -0.496 e. The zero-order chi connectivity index (χ0) is 20.8. The maximum Gasteiger partial charge on any atom is 0.254 e. The highest BCUT2D eigenvalue weighted by atomic mass is 16.5. The van der Waals surface area contributed by atoms with E-state index in [2.05, 4.69) is 0 Å². The third-order valence-corrected chi connectivity index (χ3v) is 5.28. The maximum atomic E-state index is 13.1. The van der Waals surface area contributed by atoms with Crippen molar-refractivity contribution < 1.29 is 19.0 Å². The molecule has 7 heteroatoms. The number of amides is 1. The average molecular weight is 399 g/mol. The molecule has 1 heterocycles. The molecule has 1 fully saturated rings. The predicted molar refractivity (Wildman–Crippen MR) is 112 cm³/mol. The molecule has 7 nitrogen and oxygen atoms in total. The van der Waals surface area contributed by atoms with E-state index in [0.29, 0.717) is 41.7 Å². The van der Waals surface area contributed by atoms with Crippen molar-refractivity contribution in [2.75, 3.05) is 27.3 Å². The summed E-state index contributed by atoms with van der Waals surface area (Å²) in [6, 6.07) is 10.7. The zero-order valence-electron chi connectivity index (χ0n) is 17.0. The van der Waals surface area contributed by atoms with E-state index in [9.17, 15) is 4.79 Å². The summed E-state index contributed by atoms with van der Waals surface area (Å²) in [5.41, 5.74) is 13.0. The summed E-state index contributed by atoms with van der Waals surface area (Å²) in [6.45, 7) is 1.56. The number of benzene rings is 2. The fourth-order valence-electron chi connectivity index (χ4n) is 3.65. The number of likely N-dealkylation sites (tertiary alicyclic amines) is 1. The van der Waals surface area contributed by atoms with Gasteiger partial charge in [-0.05, 0) is 43.5 Å². The molecular weight excluding hydrogens is 370 g/mol. The monoisotopic (exact) mass is 399 g/mol. The normalized spacial score (nSPS) is 16.4. The molecule has 156 valence electrons. The van der Waals surface area contributed by atoms with E-state index in [-0.39, 0.29) is 11.9 Å². The molecule has 1 amide bonds. The Hall–Kier alpha value is -2.77. The molecular formula is C22H29N3O4. The third kappa shape index (κ3) is 4.63. The molecule has 0 saturated carbocycles. The molecule has 0 aliphatic carbocycles. The quantitative estimate of drug-likeness (QED) is 0.743. The first-order valence-corrected chi connectivity index (χ1v) is 9.85. The Morgan fingerprint density at radius 2 is 1.83 bits per heavy atom. The van der Waals surface area contributed by atoms with Crippen molar-refractivity contribution in [1.29, 1.82) is 0 Å². The van der Waals surface area contributed by atoms with Crippen molar-refractivity contribution in [3.8, 4) is 23.0 Å². The van der Waals surface area contributed by atoms with Gasteiger partial charge in [-0.25, -0.2) is 0 Å². The van der Waals surface area contributed by atoms with Crippen LogP contribution in [0.5, 0.6) is 23.0 Å². The van der Waals surface area contributed by atoms with Crippen LogP contribution in [-0.4, -0.2) is 44.2 Å². The van der Waals surface area contributed by atoms with Crippen LogP contribution in [0.2, 0.25) is 0 Å². The van der Waals surface area contributed by atoms with E-state index < -0.39 is 0 Å². The number of methoxy groups -OCH3 is 2. The highest BCUT2D eigenvalue weighted by molar-refractivity contribution is 5.95. The van der Waals surface area contributed by atoms with Crippen LogP contribution in [0.4, 0.5) is 0 Å². The topological polar surface area (TPSA) is 100 Å². The van der Waals surface area contributed by atoms with Gasteiger partial charge in [0.05, 0.1) is 14.2 Å². The van der Waals surface area contributed by atoms with Crippen molar-refractivity contribution in [2.24, 2.45) is 11.5 Å². The average Bonchev–Trinajstić information content (AvgIpc) is 2.78. The standard InChI is InChI=1S/C22H29N3O4/c1-27-19-9-7-15(22(26)25-10-4-3-5-17(25)14-24)11-21(19)29-18-8-6-16(13-23)20(12-18)28-2/h6-9,11-12,17H,3-5,10,13-14,23-24H2,1-2H3. The second kappa shape index (κ2) is 9.62. The lowest BCUT2D eigenvalue weighted by molar-refractivity contribution is 0.0623. The lowest BCUT2D eigenvalue weighted by atomic mass is 10.0. The Morgan fingerprint density at radius 1 is 1.03 bits per heavy atom. The van der Waals surface area contributed by atoms with Crippen molar-refractivity contribution >= 4 is 5.91 Å². The minimum atomic E-state index is -0.0382. The van der Waals surface area contributed by atoms with Gasteiger partial charge in [0.15, 0.2) is 11.5 Å². The van der Waals surface area contributed by atoms with Crippen LogP contribution < -0.4 is 25.7 Å². The summed E-state index contributed by atoms with van der Waals surface area (Å²) in [7, 11) is 3.15. The maximum absolute atomic E-state index is 13.1. The molecule has 1 aliphatic rings. The lowest BCUT2D eigenvalue weighted by Gasteiger charge is -2.35. The molecule has 1 saturated heterocycles. The molecule has 0 bridgehead atoms. The fraction of sp³-hybridized carbons (Fsp3) is 0.409. The van der Waals surface area contributed by atoms with Gasteiger partial charge in [-0.3, -0.25) is 4.79 Å². The van der Waals surface area contributed by atoms with E-state index in [0.717, 1.165) is 31.4 Å². The number of ether oxygens (including phenoxy) is 3. The largest absolute Gasteiger partial charge is 0.496 e. The van der Waals surface area contributed by atoms with Crippen LogP contribution in [0.1, 0.15) is 35.2 Å². The van der Waals surface area contributed by atoms with Crippen molar-refractivity contribution in [2.45, 2.75) is 31.8 Å². The Bertz CT molecular complexity index is 856. The summed E-state index contributed by atoms with van der Waals surface area (Å²) in [6.07, 6.45) is 3.04. The number of nitrogens with zero attached hydrogens (tertiary/aromatic N) is 1. The van der Waals surface area contributed by atoms with Crippen molar-refractivity contribution in [3.05, 3.63) is 47.5 Å². The zero-order valence-corrected chi connectivity index (χ0v) is 17.0. The van der Waals surface area contributed by atoms with Gasteiger partial charge in [-0.15, -0.1) is 0 Å². The molecule has 0 aromatic heterocycles. The molecule has 3 rings (SSSR count).